The number of hydrogen-bond acceptors (Lipinski definition) is 5. The van der Waals surface area contributed by atoms with Gasteiger partial charge >= 0.3 is 0 Å². The first kappa shape index (κ1) is 19.1. The van der Waals surface area contributed by atoms with Crippen molar-refractivity contribution in [1.82, 2.24) is 4.31 Å². The van der Waals surface area contributed by atoms with Gasteiger partial charge in [-0.25, -0.2) is 8.42 Å². The number of para-hydroxylation sites is 1. The molecule has 3 aromatic carbocycles. The highest BCUT2D eigenvalue weighted by Crippen LogP contribution is 2.54. The summed E-state index contributed by atoms with van der Waals surface area (Å²) in [4.78, 5) is 0.219. The Morgan fingerprint density at radius 1 is 1.00 bits per heavy atom. The second-order valence-electron chi connectivity index (χ2n) is 7.43. The summed E-state index contributed by atoms with van der Waals surface area (Å²) in [6.07, 6.45) is -0.824. The summed E-state index contributed by atoms with van der Waals surface area (Å²) in [5.41, 5.74) is 2.35. The molecule has 1 saturated heterocycles. The summed E-state index contributed by atoms with van der Waals surface area (Å²) in [6, 6.07) is 21.6. The molecule has 0 N–H and O–H groups in total. The molecule has 7 heteroatoms. The van der Waals surface area contributed by atoms with Crippen LogP contribution in [0.3, 0.4) is 0 Å². The molecule has 2 aliphatic heterocycles. The number of ether oxygens (including phenoxy) is 3. The first-order chi connectivity index (χ1) is 14.4. The van der Waals surface area contributed by atoms with Crippen LogP contribution in [0.1, 0.15) is 22.9 Å². The lowest BCUT2D eigenvalue weighted by atomic mass is 10.0. The van der Waals surface area contributed by atoms with Crippen molar-refractivity contribution in [3.8, 4) is 11.5 Å². The Kier molecular flexibility index (Phi) is 4.36. The van der Waals surface area contributed by atoms with Gasteiger partial charge in [0.15, 0.2) is 17.7 Å². The molecule has 2 atom stereocenters. The Hall–Kier alpha value is -2.87. The van der Waals surface area contributed by atoms with E-state index in [2.05, 4.69) is 0 Å². The van der Waals surface area contributed by atoms with Crippen LogP contribution in [0.2, 0.25) is 0 Å². The summed E-state index contributed by atoms with van der Waals surface area (Å²) < 4.78 is 46.7. The van der Waals surface area contributed by atoms with E-state index in [0.29, 0.717) is 17.1 Å². The van der Waals surface area contributed by atoms with Gasteiger partial charge in [0.05, 0.1) is 18.6 Å². The van der Waals surface area contributed by atoms with Gasteiger partial charge in [-0.05, 0) is 25.1 Å². The molecule has 0 spiro atoms. The minimum atomic E-state index is -3.83. The van der Waals surface area contributed by atoms with Gasteiger partial charge in [-0.3, -0.25) is 0 Å². The van der Waals surface area contributed by atoms with Crippen molar-refractivity contribution in [3.05, 3.63) is 89.5 Å². The van der Waals surface area contributed by atoms with Crippen LogP contribution in [-0.2, 0) is 20.5 Å². The van der Waals surface area contributed by atoms with Gasteiger partial charge in [-0.2, -0.15) is 4.31 Å². The average Bonchev–Trinajstić information content (AvgIpc) is 3.10. The van der Waals surface area contributed by atoms with E-state index in [9.17, 15) is 8.42 Å². The Morgan fingerprint density at radius 2 is 1.73 bits per heavy atom. The van der Waals surface area contributed by atoms with Gasteiger partial charge in [0.2, 0.25) is 10.0 Å². The van der Waals surface area contributed by atoms with Crippen LogP contribution in [0.4, 0.5) is 0 Å². The van der Waals surface area contributed by atoms with Crippen molar-refractivity contribution in [3.63, 3.8) is 0 Å². The fraction of sp³-hybridized carbons (Fsp3) is 0.217. The van der Waals surface area contributed by atoms with E-state index < -0.39 is 22.0 Å². The molecule has 0 saturated carbocycles. The van der Waals surface area contributed by atoms with Crippen LogP contribution >= 0.6 is 0 Å². The third-order valence-electron chi connectivity index (χ3n) is 5.53. The molecule has 2 heterocycles. The predicted molar refractivity (Wildman–Crippen MR) is 111 cm³/mol. The minimum absolute atomic E-state index is 0.0235. The van der Waals surface area contributed by atoms with Gasteiger partial charge in [-0.15, -0.1) is 0 Å². The van der Waals surface area contributed by atoms with Crippen molar-refractivity contribution < 1.29 is 22.6 Å². The highest BCUT2D eigenvalue weighted by atomic mass is 32.2. The summed E-state index contributed by atoms with van der Waals surface area (Å²) in [5, 5.41) is 0. The van der Waals surface area contributed by atoms with E-state index in [1.807, 2.05) is 37.3 Å². The molecule has 0 radical (unpaired) electrons. The maximum absolute atomic E-state index is 13.6. The van der Waals surface area contributed by atoms with Gasteiger partial charge in [0, 0.05) is 11.1 Å². The maximum atomic E-state index is 13.6. The number of fused-ring (bicyclic) bond motifs is 4. The van der Waals surface area contributed by atoms with Crippen LogP contribution < -0.4 is 9.47 Å². The Morgan fingerprint density at radius 3 is 2.43 bits per heavy atom. The number of nitrogens with zero attached hydrogens (tertiary/aromatic N) is 1. The van der Waals surface area contributed by atoms with E-state index in [-0.39, 0.29) is 11.4 Å². The van der Waals surface area contributed by atoms with Crippen LogP contribution in [0.15, 0.2) is 77.7 Å². The van der Waals surface area contributed by atoms with Gasteiger partial charge in [0.25, 0.3) is 5.79 Å². The molecule has 2 bridgehead atoms. The number of benzene rings is 3. The van der Waals surface area contributed by atoms with Gasteiger partial charge in [-0.1, -0.05) is 60.2 Å². The van der Waals surface area contributed by atoms with E-state index in [1.54, 1.807) is 49.6 Å². The summed E-state index contributed by atoms with van der Waals surface area (Å²) >= 11 is 0. The summed E-state index contributed by atoms with van der Waals surface area (Å²) in [6.45, 7) is 1.94. The molecule has 2 aliphatic rings. The monoisotopic (exact) mass is 423 g/mol. The molecule has 3 aromatic rings. The zero-order chi connectivity index (χ0) is 20.9. The Labute approximate surface area is 175 Å². The smallest absolute Gasteiger partial charge is 0.253 e. The zero-order valence-corrected chi connectivity index (χ0v) is 17.4. The van der Waals surface area contributed by atoms with E-state index in [4.69, 9.17) is 14.2 Å². The topological polar surface area (TPSA) is 65.1 Å². The lowest BCUT2D eigenvalue weighted by Gasteiger charge is -2.35. The van der Waals surface area contributed by atoms with Crippen molar-refractivity contribution in [2.24, 2.45) is 0 Å². The van der Waals surface area contributed by atoms with Crippen LogP contribution in [0, 0.1) is 6.92 Å². The lowest BCUT2D eigenvalue weighted by Crippen LogP contribution is -2.39. The van der Waals surface area contributed by atoms with Gasteiger partial charge in [0.1, 0.15) is 0 Å². The Balaban J connectivity index is 1.68. The molecule has 154 valence electrons. The van der Waals surface area contributed by atoms with Crippen LogP contribution in [0.25, 0.3) is 0 Å². The molecular weight excluding hydrogens is 402 g/mol. The first-order valence-corrected chi connectivity index (χ1v) is 11.1. The molecular formula is C23H21NO5S. The minimum Gasteiger partial charge on any atom is -0.493 e. The average molecular weight is 423 g/mol. The van der Waals surface area contributed by atoms with Gasteiger partial charge < -0.3 is 14.2 Å². The molecule has 0 aromatic heterocycles. The van der Waals surface area contributed by atoms with E-state index >= 15 is 0 Å². The summed E-state index contributed by atoms with van der Waals surface area (Å²) in [5.74, 6) is -0.219. The molecule has 0 unspecified atom stereocenters. The molecule has 0 amide bonds. The number of rotatable bonds is 4. The third kappa shape index (κ3) is 2.81. The van der Waals surface area contributed by atoms with Crippen molar-refractivity contribution in [2.45, 2.75) is 23.8 Å². The first-order valence-electron chi connectivity index (χ1n) is 9.62. The molecule has 6 nitrogen and oxygen atoms in total. The van der Waals surface area contributed by atoms with E-state index in [1.165, 1.54) is 4.31 Å². The highest BCUT2D eigenvalue weighted by molar-refractivity contribution is 7.89. The SMILES string of the molecule is COc1cccc2c1O[C@@]1(c3ccccc3)CN(S(=O)(=O)c3ccc(C)cc3)[C@@H]2O1. The number of methoxy groups -OCH3 is 1. The number of sulfonamides is 1. The molecule has 30 heavy (non-hydrogen) atoms. The number of hydrogen-bond donors (Lipinski definition) is 0. The van der Waals surface area contributed by atoms with Crippen LogP contribution in [-0.4, -0.2) is 26.4 Å². The normalized spacial score (nSPS) is 22.9. The zero-order valence-electron chi connectivity index (χ0n) is 16.6. The predicted octanol–water partition coefficient (Wildman–Crippen LogP) is 3.97. The van der Waals surface area contributed by atoms with E-state index in [0.717, 1.165) is 11.1 Å². The molecule has 0 aliphatic carbocycles. The quantitative estimate of drug-likeness (QED) is 0.635. The second-order valence-corrected chi connectivity index (χ2v) is 9.32. The summed E-state index contributed by atoms with van der Waals surface area (Å²) in [7, 11) is -2.27. The molecule has 5 rings (SSSR count). The maximum Gasteiger partial charge on any atom is 0.253 e. The van der Waals surface area contributed by atoms with Crippen molar-refractivity contribution in [1.29, 1.82) is 0 Å². The molecule has 1 fully saturated rings. The standard InChI is InChI=1S/C23H21NO5S/c1-16-11-13-18(14-12-16)30(25,26)24-15-23(17-7-4-3-5-8-17)28-21-19(22(24)29-23)9-6-10-20(21)27-2/h3-14,22H,15H2,1-2H3/t22-,23+/m1/s1. The largest absolute Gasteiger partial charge is 0.493 e. The number of aryl methyl sites for hydroxylation is 1. The fourth-order valence-electron chi connectivity index (χ4n) is 3.97. The lowest BCUT2D eigenvalue weighted by molar-refractivity contribution is -0.195. The van der Waals surface area contributed by atoms with Crippen LogP contribution in [0.5, 0.6) is 11.5 Å². The third-order valence-corrected chi connectivity index (χ3v) is 7.34. The van der Waals surface area contributed by atoms with Crippen molar-refractivity contribution in [2.75, 3.05) is 13.7 Å². The second kappa shape index (κ2) is 6.84. The Bertz CT molecular complexity index is 1190. The van der Waals surface area contributed by atoms with Crippen molar-refractivity contribution >= 4 is 10.0 Å². The fourth-order valence-corrected chi connectivity index (χ4v) is 5.47. The highest BCUT2D eigenvalue weighted by Gasteiger charge is 2.57.